The molecule has 1 heterocycles. The second kappa shape index (κ2) is 3.01. The molecule has 0 aliphatic carbocycles. The van der Waals surface area contributed by atoms with E-state index in [2.05, 4.69) is 19.0 Å². The average molecular weight is 226 g/mol. The van der Waals surface area contributed by atoms with Gasteiger partial charge in [-0.15, -0.1) is 0 Å². The van der Waals surface area contributed by atoms with Gasteiger partial charge in [0.25, 0.3) is 0 Å². The van der Waals surface area contributed by atoms with Gasteiger partial charge in [-0.3, -0.25) is 0 Å². The summed E-state index contributed by atoms with van der Waals surface area (Å²) in [4.78, 5) is 2.28. The first-order chi connectivity index (χ1) is 3.79. The van der Waals surface area contributed by atoms with E-state index in [1.165, 1.54) is 16.9 Å². The van der Waals surface area contributed by atoms with Crippen molar-refractivity contribution in [3.05, 3.63) is 0 Å². The molecule has 0 radical (unpaired) electrons. The number of hydrogen-bond acceptors (Lipinski definition) is 1. The fourth-order valence-corrected chi connectivity index (χ4v) is 2.13. The average Bonchev–Trinajstić information content (AvgIpc) is 2.41. The topological polar surface area (TPSA) is 3.24 Å². The first-order valence-corrected chi connectivity index (χ1v) is 5.78. The molecule has 1 saturated heterocycles. The fraction of sp³-hybridized carbons (Fsp3) is 1.00. The third kappa shape index (κ3) is 2.87. The van der Waals surface area contributed by atoms with Crippen molar-refractivity contribution in [2.24, 2.45) is 0 Å². The Morgan fingerprint density at radius 3 is 2.62 bits per heavy atom. The second-order valence-corrected chi connectivity index (χ2v) is 6.02. The Morgan fingerprint density at radius 1 is 1.62 bits per heavy atom. The van der Waals surface area contributed by atoms with Crippen LogP contribution in [0.25, 0.3) is 0 Å². The van der Waals surface area contributed by atoms with E-state index in [9.17, 15) is 0 Å². The molecule has 0 amide bonds. The zero-order valence-electron chi connectivity index (χ0n) is 5.52. The molecule has 0 N–H and O–H groups in total. The summed E-state index contributed by atoms with van der Waals surface area (Å²) in [5.74, 6) is 0. The van der Waals surface area contributed by atoms with Crippen LogP contribution in [0.4, 0.5) is 0 Å². The Labute approximate surface area is 61.7 Å². The molecule has 0 spiro atoms. The molecule has 0 saturated carbocycles. The molecule has 8 heavy (non-hydrogen) atoms. The predicted octanol–water partition coefficient (Wildman–Crippen LogP) is -2.59. The molecule has 50 valence electrons. The van der Waals surface area contributed by atoms with Crippen molar-refractivity contribution in [1.82, 2.24) is 4.90 Å². The summed E-state index contributed by atoms with van der Waals surface area (Å²) in [7, 11) is 4.31. The van der Waals surface area contributed by atoms with E-state index in [-0.39, 0.29) is 0 Å². The normalized spacial score (nSPS) is 27.6. The molecule has 1 unspecified atom stereocenters. The van der Waals surface area contributed by atoms with E-state index < -0.39 is 0 Å². The zero-order chi connectivity index (χ0) is 5.98. The number of halogens is 1. The predicted molar refractivity (Wildman–Crippen MR) is 31.8 cm³/mol. The van der Waals surface area contributed by atoms with Crippen molar-refractivity contribution in [1.29, 1.82) is 0 Å². The number of rotatable bonds is 3. The molecule has 0 aromatic rings. The number of alkyl halides is 2. The maximum absolute atomic E-state index is 2.28. The molecule has 2 heteroatoms. The molecule has 1 aliphatic rings. The summed E-state index contributed by atoms with van der Waals surface area (Å²) in [5.41, 5.74) is 0. The second-order valence-electron chi connectivity index (χ2n) is 2.50. The van der Waals surface area contributed by atoms with E-state index in [1.54, 1.807) is 4.43 Å². The summed E-state index contributed by atoms with van der Waals surface area (Å²) in [5, 5.41) is 0. The minimum atomic E-state index is 0.715. The molecule has 0 aromatic heterocycles. The van der Waals surface area contributed by atoms with Crippen LogP contribution in [-0.4, -0.2) is 33.9 Å². The molecule has 1 rings (SSSR count). The molecule has 1 nitrogen and oxygen atoms in total. The quantitative estimate of drug-likeness (QED) is 0.377. The van der Waals surface area contributed by atoms with Gasteiger partial charge in [0.05, 0.1) is 0 Å². The molecule has 1 fully saturated rings. The SMILES string of the molecule is CN(C)CCC1C[I-]1. The van der Waals surface area contributed by atoms with Gasteiger partial charge in [-0.2, -0.15) is 0 Å². The third-order valence-corrected chi connectivity index (χ3v) is 4.01. The molecular formula is C6H13IN-. The van der Waals surface area contributed by atoms with E-state index in [4.69, 9.17) is 0 Å². The summed E-state index contributed by atoms with van der Waals surface area (Å²) in [6.45, 7) is 1.31. The van der Waals surface area contributed by atoms with Crippen LogP contribution in [0.15, 0.2) is 0 Å². The summed E-state index contributed by atoms with van der Waals surface area (Å²) in [6, 6.07) is 0. The van der Waals surface area contributed by atoms with Gasteiger partial charge in [0.2, 0.25) is 0 Å². The van der Waals surface area contributed by atoms with Crippen LogP contribution in [0, 0.1) is 0 Å². The van der Waals surface area contributed by atoms with Gasteiger partial charge in [0.15, 0.2) is 0 Å². The Morgan fingerprint density at radius 2 is 2.25 bits per heavy atom. The van der Waals surface area contributed by atoms with Gasteiger partial charge in [-0.1, -0.05) is 0 Å². The van der Waals surface area contributed by atoms with Crippen LogP contribution in [0.1, 0.15) is 6.42 Å². The standard InChI is InChI=1S/C6H13IN/c1-8(2)4-3-6-5-7-6/h6H,3-5H2,1-2H3/q-1. The molecule has 0 bridgehead atoms. The van der Waals surface area contributed by atoms with Gasteiger partial charge in [-0.25, -0.2) is 0 Å². The Bertz CT molecular complexity index is 66.9. The molecule has 0 aromatic carbocycles. The van der Waals surface area contributed by atoms with Crippen molar-refractivity contribution < 1.29 is 21.2 Å². The summed E-state index contributed by atoms with van der Waals surface area (Å²) < 4.78 is 2.81. The zero-order valence-corrected chi connectivity index (χ0v) is 7.68. The van der Waals surface area contributed by atoms with Gasteiger partial charge < -0.3 is 0 Å². The summed E-state index contributed by atoms with van der Waals surface area (Å²) in [6.07, 6.45) is 1.47. The summed E-state index contributed by atoms with van der Waals surface area (Å²) >= 11 is 0.715. The monoisotopic (exact) mass is 226 g/mol. The van der Waals surface area contributed by atoms with Crippen LogP contribution in [0.3, 0.4) is 0 Å². The van der Waals surface area contributed by atoms with Gasteiger partial charge in [-0.05, 0) is 0 Å². The van der Waals surface area contributed by atoms with Gasteiger partial charge in [0, 0.05) is 0 Å². The Hall–Kier alpha value is 0.690. The van der Waals surface area contributed by atoms with Crippen molar-refractivity contribution in [2.45, 2.75) is 10.3 Å². The maximum atomic E-state index is 2.28. The van der Waals surface area contributed by atoms with Crippen LogP contribution in [0.5, 0.6) is 0 Å². The van der Waals surface area contributed by atoms with Crippen LogP contribution >= 0.6 is 0 Å². The molecule has 1 atom stereocenters. The first-order valence-electron chi connectivity index (χ1n) is 3.01. The van der Waals surface area contributed by atoms with Gasteiger partial charge in [0.1, 0.15) is 0 Å². The van der Waals surface area contributed by atoms with Crippen LogP contribution in [0.2, 0.25) is 0 Å². The number of nitrogens with zero attached hydrogens (tertiary/aromatic N) is 1. The fourth-order valence-electron chi connectivity index (χ4n) is 0.616. The first kappa shape index (κ1) is 6.81. The van der Waals surface area contributed by atoms with E-state index >= 15 is 0 Å². The van der Waals surface area contributed by atoms with E-state index in [0.29, 0.717) is 21.2 Å². The Balaban J connectivity index is 1.87. The van der Waals surface area contributed by atoms with Crippen molar-refractivity contribution in [3.8, 4) is 0 Å². The van der Waals surface area contributed by atoms with E-state index in [0.717, 1.165) is 0 Å². The molecular weight excluding hydrogens is 213 g/mol. The number of hydrogen-bond donors (Lipinski definition) is 0. The van der Waals surface area contributed by atoms with E-state index in [1.807, 2.05) is 0 Å². The third-order valence-electron chi connectivity index (χ3n) is 1.26. The van der Waals surface area contributed by atoms with Gasteiger partial charge >= 0.3 is 61.5 Å². The van der Waals surface area contributed by atoms with Crippen LogP contribution < -0.4 is 21.2 Å². The Kier molecular flexibility index (Phi) is 2.56. The van der Waals surface area contributed by atoms with Crippen molar-refractivity contribution in [2.75, 3.05) is 25.1 Å². The van der Waals surface area contributed by atoms with Crippen molar-refractivity contribution >= 4 is 0 Å². The minimum absolute atomic E-state index is 0.715. The molecule has 1 aliphatic heterocycles. The van der Waals surface area contributed by atoms with Crippen LogP contribution in [-0.2, 0) is 0 Å². The van der Waals surface area contributed by atoms with Crippen molar-refractivity contribution in [3.63, 3.8) is 0 Å².